The maximum atomic E-state index is 6.17. The third kappa shape index (κ3) is 0.721. The fourth-order valence-electron chi connectivity index (χ4n) is 2.49. The minimum absolute atomic E-state index is 0.189. The molecule has 0 bridgehead atoms. The number of rotatable bonds is 0. The lowest BCUT2D eigenvalue weighted by molar-refractivity contribution is 0.565. The monoisotopic (exact) mass is 159 g/mol. The molecule has 1 saturated carbocycles. The number of hydrogen-bond acceptors (Lipinski definition) is 1. The van der Waals surface area contributed by atoms with Gasteiger partial charge in [0.05, 0.1) is 0 Å². The van der Waals surface area contributed by atoms with Crippen molar-refractivity contribution < 1.29 is 0 Å². The highest BCUT2D eigenvalue weighted by atomic mass is 14.9. The van der Waals surface area contributed by atoms with Crippen LogP contribution in [-0.2, 0) is 6.42 Å². The van der Waals surface area contributed by atoms with E-state index in [1.54, 1.807) is 0 Å². The molecule has 0 aromatic heterocycles. The number of nitrogens with two attached hydrogens (primary N) is 1. The predicted octanol–water partition coefficient (Wildman–Crippen LogP) is 1.82. The third-order valence-electron chi connectivity index (χ3n) is 3.41. The lowest BCUT2D eigenvalue weighted by Crippen LogP contribution is -2.28. The molecule has 2 aliphatic rings. The first-order valence-corrected chi connectivity index (χ1v) is 4.66. The average Bonchev–Trinajstić information content (AvgIpc) is 2.78. The van der Waals surface area contributed by atoms with Gasteiger partial charge in [-0.3, -0.25) is 0 Å². The van der Waals surface area contributed by atoms with E-state index < -0.39 is 0 Å². The van der Waals surface area contributed by atoms with E-state index in [2.05, 4.69) is 24.3 Å². The molecule has 2 atom stereocenters. The van der Waals surface area contributed by atoms with Gasteiger partial charge in [-0.2, -0.15) is 0 Å². The Balaban J connectivity index is 2.12. The summed E-state index contributed by atoms with van der Waals surface area (Å²) in [6, 6.07) is 8.74. The molecule has 0 amide bonds. The van der Waals surface area contributed by atoms with Gasteiger partial charge in [0, 0.05) is 11.5 Å². The van der Waals surface area contributed by atoms with Crippen molar-refractivity contribution in [3.8, 4) is 0 Å². The highest BCUT2D eigenvalue weighted by Gasteiger charge is 2.53. The topological polar surface area (TPSA) is 26.0 Å². The lowest BCUT2D eigenvalue weighted by atomic mass is 9.89. The molecule has 62 valence electrons. The maximum absolute atomic E-state index is 6.17. The van der Waals surface area contributed by atoms with E-state index in [-0.39, 0.29) is 5.54 Å². The fraction of sp³-hybridized carbons (Fsp3) is 0.455. The van der Waals surface area contributed by atoms with E-state index in [0.717, 1.165) is 0 Å². The van der Waals surface area contributed by atoms with Crippen molar-refractivity contribution in [1.29, 1.82) is 0 Å². The van der Waals surface area contributed by atoms with Gasteiger partial charge in [0.25, 0.3) is 0 Å². The van der Waals surface area contributed by atoms with Crippen LogP contribution in [0.1, 0.15) is 29.9 Å². The summed E-state index contributed by atoms with van der Waals surface area (Å²) < 4.78 is 0. The van der Waals surface area contributed by atoms with Crippen LogP contribution in [0.4, 0.5) is 0 Å². The Kier molecular flexibility index (Phi) is 1.06. The van der Waals surface area contributed by atoms with Crippen LogP contribution in [0.15, 0.2) is 24.3 Å². The Morgan fingerprint density at radius 1 is 1.33 bits per heavy atom. The highest BCUT2D eigenvalue weighted by molar-refractivity contribution is 5.42. The SMILES string of the molecule is NC12CCc3ccccc3C1C2. The Morgan fingerprint density at radius 3 is 3.08 bits per heavy atom. The van der Waals surface area contributed by atoms with E-state index in [1.807, 2.05) is 0 Å². The van der Waals surface area contributed by atoms with Crippen molar-refractivity contribution in [2.24, 2.45) is 5.73 Å². The second-order valence-corrected chi connectivity index (χ2v) is 4.19. The van der Waals surface area contributed by atoms with Gasteiger partial charge < -0.3 is 5.73 Å². The van der Waals surface area contributed by atoms with Crippen LogP contribution in [0.3, 0.4) is 0 Å². The molecule has 0 aliphatic heterocycles. The molecule has 0 spiro atoms. The van der Waals surface area contributed by atoms with Gasteiger partial charge in [-0.25, -0.2) is 0 Å². The Labute approximate surface area is 72.6 Å². The van der Waals surface area contributed by atoms with Crippen molar-refractivity contribution in [3.63, 3.8) is 0 Å². The zero-order valence-electron chi connectivity index (χ0n) is 7.09. The molecular formula is C11H13N. The molecular weight excluding hydrogens is 146 g/mol. The number of hydrogen-bond donors (Lipinski definition) is 1. The Morgan fingerprint density at radius 2 is 2.17 bits per heavy atom. The molecule has 3 rings (SSSR count). The summed E-state index contributed by atoms with van der Waals surface area (Å²) in [6.45, 7) is 0. The number of aryl methyl sites for hydroxylation is 1. The molecule has 2 unspecified atom stereocenters. The average molecular weight is 159 g/mol. The normalized spacial score (nSPS) is 36.9. The Hall–Kier alpha value is -0.820. The second kappa shape index (κ2) is 1.91. The van der Waals surface area contributed by atoms with E-state index in [4.69, 9.17) is 5.73 Å². The molecule has 2 N–H and O–H groups in total. The van der Waals surface area contributed by atoms with Crippen molar-refractivity contribution >= 4 is 0 Å². The molecule has 12 heavy (non-hydrogen) atoms. The first-order valence-electron chi connectivity index (χ1n) is 4.66. The molecule has 1 aromatic rings. The van der Waals surface area contributed by atoms with Crippen molar-refractivity contribution in [2.45, 2.75) is 30.7 Å². The van der Waals surface area contributed by atoms with Crippen LogP contribution in [0.2, 0.25) is 0 Å². The number of benzene rings is 1. The first kappa shape index (κ1) is 6.67. The van der Waals surface area contributed by atoms with Gasteiger partial charge in [0.1, 0.15) is 0 Å². The molecule has 1 heteroatoms. The second-order valence-electron chi connectivity index (χ2n) is 4.19. The van der Waals surface area contributed by atoms with Gasteiger partial charge in [0.2, 0.25) is 0 Å². The third-order valence-corrected chi connectivity index (χ3v) is 3.41. The van der Waals surface area contributed by atoms with Crippen LogP contribution in [0.25, 0.3) is 0 Å². The van der Waals surface area contributed by atoms with Crippen molar-refractivity contribution in [3.05, 3.63) is 35.4 Å². The summed E-state index contributed by atoms with van der Waals surface area (Å²) in [5.74, 6) is 0.683. The first-order chi connectivity index (χ1) is 5.80. The summed E-state index contributed by atoms with van der Waals surface area (Å²) >= 11 is 0. The number of fused-ring (bicyclic) bond motifs is 3. The molecule has 1 fully saturated rings. The van der Waals surface area contributed by atoms with Crippen LogP contribution in [0, 0.1) is 0 Å². The minimum atomic E-state index is 0.189. The zero-order chi connectivity index (χ0) is 8.18. The summed E-state index contributed by atoms with van der Waals surface area (Å²) in [4.78, 5) is 0. The molecule has 1 aromatic carbocycles. The van der Waals surface area contributed by atoms with Crippen molar-refractivity contribution in [2.75, 3.05) is 0 Å². The smallest absolute Gasteiger partial charge is 0.0234 e. The highest BCUT2D eigenvalue weighted by Crippen LogP contribution is 2.55. The van der Waals surface area contributed by atoms with Gasteiger partial charge in [-0.05, 0) is 30.4 Å². The van der Waals surface area contributed by atoms with E-state index >= 15 is 0 Å². The fourth-order valence-corrected chi connectivity index (χ4v) is 2.49. The standard InChI is InChI=1S/C11H13N/c12-11-6-5-8-3-1-2-4-9(8)10(11)7-11/h1-4,10H,5-7,12H2. The zero-order valence-corrected chi connectivity index (χ0v) is 7.09. The van der Waals surface area contributed by atoms with Gasteiger partial charge in [0.15, 0.2) is 0 Å². The Bertz CT molecular complexity index is 332. The van der Waals surface area contributed by atoms with Gasteiger partial charge in [-0.1, -0.05) is 24.3 Å². The van der Waals surface area contributed by atoms with Crippen LogP contribution in [0.5, 0.6) is 0 Å². The van der Waals surface area contributed by atoms with E-state index in [9.17, 15) is 0 Å². The van der Waals surface area contributed by atoms with Crippen molar-refractivity contribution in [1.82, 2.24) is 0 Å². The van der Waals surface area contributed by atoms with Crippen LogP contribution >= 0.6 is 0 Å². The quantitative estimate of drug-likeness (QED) is 0.614. The predicted molar refractivity (Wildman–Crippen MR) is 49.0 cm³/mol. The maximum Gasteiger partial charge on any atom is 0.0234 e. The van der Waals surface area contributed by atoms with Gasteiger partial charge >= 0.3 is 0 Å². The summed E-state index contributed by atoms with van der Waals surface area (Å²) in [5, 5.41) is 0. The molecule has 0 radical (unpaired) electrons. The largest absolute Gasteiger partial charge is 0.325 e. The minimum Gasteiger partial charge on any atom is -0.325 e. The van der Waals surface area contributed by atoms with E-state index in [0.29, 0.717) is 5.92 Å². The molecule has 2 aliphatic carbocycles. The van der Waals surface area contributed by atoms with E-state index in [1.165, 1.54) is 30.4 Å². The lowest BCUT2D eigenvalue weighted by Gasteiger charge is -2.20. The van der Waals surface area contributed by atoms with Gasteiger partial charge in [-0.15, -0.1) is 0 Å². The molecule has 1 nitrogen and oxygen atoms in total. The van der Waals surface area contributed by atoms with Crippen LogP contribution in [-0.4, -0.2) is 5.54 Å². The summed E-state index contributed by atoms with van der Waals surface area (Å²) in [6.07, 6.45) is 3.59. The van der Waals surface area contributed by atoms with Crippen LogP contribution < -0.4 is 5.73 Å². The summed E-state index contributed by atoms with van der Waals surface area (Å²) in [5.41, 5.74) is 9.40. The molecule has 0 heterocycles. The summed E-state index contributed by atoms with van der Waals surface area (Å²) in [7, 11) is 0. The molecule has 0 saturated heterocycles.